The Balaban J connectivity index is 1.98. The molecular formula is C12H17NOS. The largest absolute Gasteiger partial charge is 0.399 e. The smallest absolute Gasteiger partial charge is 0.0662 e. The normalized spacial score (nSPS) is 26.5. The maximum Gasteiger partial charge on any atom is 0.0662 e. The summed E-state index contributed by atoms with van der Waals surface area (Å²) in [6.45, 7) is 0. The maximum absolute atomic E-state index is 9.84. The first-order valence-electron chi connectivity index (χ1n) is 5.46. The molecule has 0 aromatic heterocycles. The number of aliphatic hydroxyl groups excluding tert-OH is 1. The van der Waals surface area contributed by atoms with E-state index in [4.69, 9.17) is 5.73 Å². The predicted molar refractivity (Wildman–Crippen MR) is 65.0 cm³/mol. The van der Waals surface area contributed by atoms with E-state index in [1.165, 1.54) is 17.7 Å². The number of nitrogens with two attached hydrogens (primary N) is 1. The number of hydrogen-bond donors (Lipinski definition) is 2. The molecule has 1 aromatic rings. The van der Waals surface area contributed by atoms with Crippen molar-refractivity contribution in [3.8, 4) is 0 Å². The zero-order valence-electron chi connectivity index (χ0n) is 8.73. The van der Waals surface area contributed by atoms with E-state index in [-0.39, 0.29) is 6.10 Å². The predicted octanol–water partition coefficient (Wildman–Crippen LogP) is 2.66. The summed E-state index contributed by atoms with van der Waals surface area (Å²) in [6, 6.07) is 7.89. The molecule has 1 saturated carbocycles. The van der Waals surface area contributed by atoms with Crippen LogP contribution in [0.4, 0.5) is 5.69 Å². The lowest BCUT2D eigenvalue weighted by atomic mass is 9.97. The molecule has 3 N–H and O–H groups in total. The van der Waals surface area contributed by atoms with Gasteiger partial charge in [-0.2, -0.15) is 0 Å². The summed E-state index contributed by atoms with van der Waals surface area (Å²) >= 11 is 1.78. The first-order chi connectivity index (χ1) is 7.25. The molecule has 1 aliphatic carbocycles. The van der Waals surface area contributed by atoms with Crippen molar-refractivity contribution < 1.29 is 5.11 Å². The first-order valence-corrected chi connectivity index (χ1v) is 6.34. The molecule has 82 valence electrons. The third kappa shape index (κ3) is 2.89. The van der Waals surface area contributed by atoms with E-state index in [0.717, 1.165) is 18.5 Å². The molecule has 0 radical (unpaired) electrons. The average Bonchev–Trinajstić information content (AvgIpc) is 2.25. The molecule has 0 bridgehead atoms. The van der Waals surface area contributed by atoms with Crippen LogP contribution in [0, 0.1) is 0 Å². The van der Waals surface area contributed by atoms with Crippen molar-refractivity contribution in [2.24, 2.45) is 0 Å². The Kier molecular flexibility index (Phi) is 3.54. The fraction of sp³-hybridized carbons (Fsp3) is 0.500. The van der Waals surface area contributed by atoms with Gasteiger partial charge in [0.15, 0.2) is 0 Å². The third-order valence-electron chi connectivity index (χ3n) is 2.84. The minimum Gasteiger partial charge on any atom is -0.399 e. The summed E-state index contributed by atoms with van der Waals surface area (Å²) in [5, 5.41) is 10.2. The van der Waals surface area contributed by atoms with Gasteiger partial charge in [0.2, 0.25) is 0 Å². The molecule has 2 atom stereocenters. The molecule has 0 heterocycles. The molecule has 0 aliphatic heterocycles. The summed E-state index contributed by atoms with van der Waals surface area (Å²) in [4.78, 5) is 1.20. The second-order valence-electron chi connectivity index (χ2n) is 4.08. The van der Waals surface area contributed by atoms with Gasteiger partial charge < -0.3 is 10.8 Å². The molecule has 0 amide bonds. The lowest BCUT2D eigenvalue weighted by Gasteiger charge is -2.26. The van der Waals surface area contributed by atoms with Crippen LogP contribution in [-0.4, -0.2) is 16.5 Å². The standard InChI is InChI=1S/C12H17NOS/c13-9-5-7-10(8-6-9)15-12-4-2-1-3-11(12)14/h5-8,11-12,14H,1-4,13H2. The van der Waals surface area contributed by atoms with Gasteiger partial charge in [0, 0.05) is 15.8 Å². The SMILES string of the molecule is Nc1ccc(SC2CCCCC2O)cc1. The maximum atomic E-state index is 9.84. The Morgan fingerprint density at radius 3 is 2.47 bits per heavy atom. The highest BCUT2D eigenvalue weighted by atomic mass is 32.2. The number of anilines is 1. The van der Waals surface area contributed by atoms with Gasteiger partial charge in [-0.15, -0.1) is 11.8 Å². The van der Waals surface area contributed by atoms with Gasteiger partial charge in [-0.25, -0.2) is 0 Å². The molecule has 3 heteroatoms. The number of hydrogen-bond acceptors (Lipinski definition) is 3. The van der Waals surface area contributed by atoms with Crippen molar-refractivity contribution >= 4 is 17.4 Å². The Morgan fingerprint density at radius 1 is 1.13 bits per heavy atom. The molecule has 2 unspecified atom stereocenters. The Hall–Kier alpha value is -0.670. The second kappa shape index (κ2) is 4.90. The quantitative estimate of drug-likeness (QED) is 0.758. The zero-order chi connectivity index (χ0) is 10.7. The monoisotopic (exact) mass is 223 g/mol. The van der Waals surface area contributed by atoms with Crippen LogP contribution >= 0.6 is 11.8 Å². The fourth-order valence-corrected chi connectivity index (χ4v) is 3.16. The highest BCUT2D eigenvalue weighted by Gasteiger charge is 2.23. The summed E-state index contributed by atoms with van der Waals surface area (Å²) < 4.78 is 0. The van der Waals surface area contributed by atoms with Crippen LogP contribution < -0.4 is 5.73 Å². The van der Waals surface area contributed by atoms with Crippen LogP contribution in [0.1, 0.15) is 25.7 Å². The van der Waals surface area contributed by atoms with Gasteiger partial charge >= 0.3 is 0 Å². The summed E-state index contributed by atoms with van der Waals surface area (Å²) in [6.07, 6.45) is 4.34. The van der Waals surface area contributed by atoms with Crippen molar-refractivity contribution in [3.63, 3.8) is 0 Å². The Labute approximate surface area is 94.9 Å². The minimum atomic E-state index is -0.138. The molecule has 2 rings (SSSR count). The molecule has 0 spiro atoms. The van der Waals surface area contributed by atoms with Gasteiger partial charge in [0.05, 0.1) is 6.10 Å². The molecule has 0 saturated heterocycles. The highest BCUT2D eigenvalue weighted by Crippen LogP contribution is 2.33. The van der Waals surface area contributed by atoms with Crippen LogP contribution in [0.2, 0.25) is 0 Å². The van der Waals surface area contributed by atoms with Gasteiger partial charge in [-0.1, -0.05) is 12.8 Å². The lowest BCUT2D eigenvalue weighted by Crippen LogP contribution is -2.26. The van der Waals surface area contributed by atoms with Crippen LogP contribution in [0.15, 0.2) is 29.2 Å². The molecular weight excluding hydrogens is 206 g/mol. The van der Waals surface area contributed by atoms with Gasteiger partial charge in [0.25, 0.3) is 0 Å². The first kappa shape index (κ1) is 10.8. The van der Waals surface area contributed by atoms with Crippen molar-refractivity contribution in [3.05, 3.63) is 24.3 Å². The molecule has 1 fully saturated rings. The number of benzene rings is 1. The van der Waals surface area contributed by atoms with Gasteiger partial charge in [-0.05, 0) is 37.1 Å². The molecule has 2 nitrogen and oxygen atoms in total. The van der Waals surface area contributed by atoms with Crippen molar-refractivity contribution in [2.45, 2.75) is 41.9 Å². The van der Waals surface area contributed by atoms with Crippen LogP contribution in [0.25, 0.3) is 0 Å². The number of rotatable bonds is 2. The van der Waals surface area contributed by atoms with Gasteiger partial charge in [-0.3, -0.25) is 0 Å². The summed E-state index contributed by atoms with van der Waals surface area (Å²) in [7, 11) is 0. The third-order valence-corrected chi connectivity index (χ3v) is 4.23. The molecule has 1 aliphatic rings. The number of aliphatic hydroxyl groups is 1. The molecule has 1 aromatic carbocycles. The Bertz CT molecular complexity index is 312. The Morgan fingerprint density at radius 2 is 1.80 bits per heavy atom. The zero-order valence-corrected chi connectivity index (χ0v) is 9.54. The van der Waals surface area contributed by atoms with Crippen molar-refractivity contribution in [1.82, 2.24) is 0 Å². The average molecular weight is 223 g/mol. The van der Waals surface area contributed by atoms with E-state index in [2.05, 4.69) is 0 Å². The van der Waals surface area contributed by atoms with Gasteiger partial charge in [0.1, 0.15) is 0 Å². The molecule has 15 heavy (non-hydrogen) atoms. The van der Waals surface area contributed by atoms with Crippen molar-refractivity contribution in [1.29, 1.82) is 0 Å². The minimum absolute atomic E-state index is 0.138. The van der Waals surface area contributed by atoms with E-state index in [0.29, 0.717) is 5.25 Å². The van der Waals surface area contributed by atoms with E-state index < -0.39 is 0 Å². The number of nitrogen functional groups attached to an aromatic ring is 1. The fourth-order valence-electron chi connectivity index (χ4n) is 1.94. The second-order valence-corrected chi connectivity index (χ2v) is 5.39. The van der Waals surface area contributed by atoms with Crippen LogP contribution in [0.3, 0.4) is 0 Å². The van der Waals surface area contributed by atoms with Crippen LogP contribution in [0.5, 0.6) is 0 Å². The number of thioether (sulfide) groups is 1. The van der Waals surface area contributed by atoms with E-state index in [1.54, 1.807) is 11.8 Å². The topological polar surface area (TPSA) is 46.2 Å². The van der Waals surface area contributed by atoms with E-state index in [1.807, 2.05) is 24.3 Å². The van der Waals surface area contributed by atoms with E-state index in [9.17, 15) is 5.11 Å². The summed E-state index contributed by atoms with van der Waals surface area (Å²) in [5.41, 5.74) is 6.42. The van der Waals surface area contributed by atoms with Crippen molar-refractivity contribution in [2.75, 3.05) is 5.73 Å². The lowest BCUT2D eigenvalue weighted by molar-refractivity contribution is 0.137. The van der Waals surface area contributed by atoms with E-state index >= 15 is 0 Å². The highest BCUT2D eigenvalue weighted by molar-refractivity contribution is 8.00. The summed E-state index contributed by atoms with van der Waals surface area (Å²) in [5.74, 6) is 0. The van der Waals surface area contributed by atoms with Crippen LogP contribution in [-0.2, 0) is 0 Å².